The van der Waals surface area contributed by atoms with Crippen molar-refractivity contribution in [3.63, 3.8) is 0 Å². The van der Waals surface area contributed by atoms with Crippen LogP contribution in [0.15, 0.2) is 0 Å². The van der Waals surface area contributed by atoms with Crippen LogP contribution in [0, 0.1) is 0 Å². The first-order valence-corrected chi connectivity index (χ1v) is 5.06. The van der Waals surface area contributed by atoms with E-state index >= 15 is 0 Å². The molecular formula is C10H19NO4. The predicted octanol–water partition coefficient (Wildman–Crippen LogP) is 0.287. The van der Waals surface area contributed by atoms with Crippen LogP contribution in [0.25, 0.3) is 0 Å². The van der Waals surface area contributed by atoms with Gasteiger partial charge in [0.15, 0.2) is 6.29 Å². The molecule has 0 aromatic carbocycles. The molecule has 0 unspecified atom stereocenters. The van der Waals surface area contributed by atoms with Crippen molar-refractivity contribution in [3.05, 3.63) is 0 Å². The summed E-state index contributed by atoms with van der Waals surface area (Å²) in [6.45, 7) is 3.39. The van der Waals surface area contributed by atoms with Crippen LogP contribution >= 0.6 is 0 Å². The minimum Gasteiger partial charge on any atom is -0.379 e. The fraction of sp³-hybridized carbons (Fsp3) is 0.900. The normalized spacial score (nSPS) is 36.3. The minimum absolute atomic E-state index is 0.0670. The number of rotatable bonds is 3. The average Bonchev–Trinajstić information content (AvgIpc) is 2.20. The molecule has 5 nitrogen and oxygen atoms in total. The van der Waals surface area contributed by atoms with E-state index in [0.29, 0.717) is 6.42 Å². The van der Waals surface area contributed by atoms with E-state index in [9.17, 15) is 4.79 Å². The van der Waals surface area contributed by atoms with E-state index in [2.05, 4.69) is 5.32 Å². The Morgan fingerprint density at radius 2 is 2.07 bits per heavy atom. The summed E-state index contributed by atoms with van der Waals surface area (Å²) in [6.07, 6.45) is 0.192. The smallest absolute Gasteiger partial charge is 0.217 e. The summed E-state index contributed by atoms with van der Waals surface area (Å²) < 4.78 is 16.0. The second-order valence-electron chi connectivity index (χ2n) is 3.74. The Labute approximate surface area is 90.1 Å². The van der Waals surface area contributed by atoms with Gasteiger partial charge in [0.05, 0.1) is 18.2 Å². The first-order valence-electron chi connectivity index (χ1n) is 5.06. The summed E-state index contributed by atoms with van der Waals surface area (Å²) in [5.41, 5.74) is 0. The second-order valence-corrected chi connectivity index (χ2v) is 3.74. The standard InChI is InChI=1S/C10H19NO4/c1-6-10(11-7(2)12)8(13-3)5-9(14-4)15-6/h6,8-10H,5H2,1-4H3,(H,11,12)/t6-,8-,9+,10-/m0/s1. The monoisotopic (exact) mass is 217 g/mol. The maximum atomic E-state index is 11.0. The van der Waals surface area contributed by atoms with Gasteiger partial charge in [0.1, 0.15) is 0 Å². The Bertz CT molecular complexity index is 221. The molecule has 1 aliphatic rings. The third-order valence-corrected chi connectivity index (χ3v) is 2.63. The van der Waals surface area contributed by atoms with Gasteiger partial charge in [-0.2, -0.15) is 0 Å². The summed E-state index contributed by atoms with van der Waals surface area (Å²) >= 11 is 0. The lowest BCUT2D eigenvalue weighted by atomic mass is 9.99. The highest BCUT2D eigenvalue weighted by atomic mass is 16.7. The Hall–Kier alpha value is -0.650. The zero-order chi connectivity index (χ0) is 11.4. The highest BCUT2D eigenvalue weighted by Crippen LogP contribution is 2.22. The van der Waals surface area contributed by atoms with Crippen LogP contribution in [0.3, 0.4) is 0 Å². The molecule has 88 valence electrons. The van der Waals surface area contributed by atoms with Crippen LogP contribution in [0.2, 0.25) is 0 Å². The zero-order valence-corrected chi connectivity index (χ0v) is 9.65. The van der Waals surface area contributed by atoms with Crippen molar-refractivity contribution in [1.29, 1.82) is 0 Å². The van der Waals surface area contributed by atoms with E-state index < -0.39 is 0 Å². The Kier molecular flexibility index (Phi) is 4.50. The number of hydrogen-bond acceptors (Lipinski definition) is 4. The first kappa shape index (κ1) is 12.4. The van der Waals surface area contributed by atoms with Gasteiger partial charge < -0.3 is 19.5 Å². The molecule has 0 aliphatic carbocycles. The number of amides is 1. The Balaban J connectivity index is 2.64. The molecule has 1 saturated heterocycles. The van der Waals surface area contributed by atoms with Gasteiger partial charge in [0.25, 0.3) is 0 Å². The Morgan fingerprint density at radius 1 is 1.40 bits per heavy atom. The molecule has 1 amide bonds. The van der Waals surface area contributed by atoms with Gasteiger partial charge in [-0.3, -0.25) is 4.79 Å². The van der Waals surface area contributed by atoms with E-state index in [1.807, 2.05) is 6.92 Å². The van der Waals surface area contributed by atoms with Crippen LogP contribution in [0.4, 0.5) is 0 Å². The summed E-state index contributed by atoms with van der Waals surface area (Å²) in [7, 11) is 3.23. The fourth-order valence-corrected chi connectivity index (χ4v) is 1.86. The largest absolute Gasteiger partial charge is 0.379 e. The third-order valence-electron chi connectivity index (χ3n) is 2.63. The topological polar surface area (TPSA) is 56.8 Å². The van der Waals surface area contributed by atoms with Crippen molar-refractivity contribution in [2.45, 2.75) is 44.8 Å². The molecule has 0 bridgehead atoms. The van der Waals surface area contributed by atoms with Gasteiger partial charge in [0.2, 0.25) is 5.91 Å². The molecule has 1 N–H and O–H groups in total. The third kappa shape index (κ3) is 3.15. The SMILES string of the molecule is CO[C@H]1C[C@H](OC)[C@@H](NC(C)=O)[C@H](C)O1. The van der Waals surface area contributed by atoms with E-state index in [-0.39, 0.29) is 30.4 Å². The van der Waals surface area contributed by atoms with Crippen LogP contribution in [-0.2, 0) is 19.0 Å². The van der Waals surface area contributed by atoms with Crippen LogP contribution in [0.1, 0.15) is 20.3 Å². The number of methoxy groups -OCH3 is 2. The predicted molar refractivity (Wildman–Crippen MR) is 54.4 cm³/mol. The molecule has 0 aromatic heterocycles. The van der Waals surface area contributed by atoms with E-state index in [4.69, 9.17) is 14.2 Å². The second kappa shape index (κ2) is 5.44. The lowest BCUT2D eigenvalue weighted by Gasteiger charge is -2.39. The molecule has 0 aromatic rings. The molecule has 5 heteroatoms. The number of carbonyl (C=O) groups excluding carboxylic acids is 1. The van der Waals surface area contributed by atoms with Gasteiger partial charge >= 0.3 is 0 Å². The van der Waals surface area contributed by atoms with Crippen molar-refractivity contribution in [3.8, 4) is 0 Å². The van der Waals surface area contributed by atoms with Crippen molar-refractivity contribution in [2.75, 3.05) is 14.2 Å². The number of carbonyl (C=O) groups is 1. The first-order chi connectivity index (χ1) is 7.08. The van der Waals surface area contributed by atoms with Crippen LogP contribution in [-0.4, -0.2) is 44.7 Å². The van der Waals surface area contributed by atoms with Gasteiger partial charge in [-0.1, -0.05) is 0 Å². The van der Waals surface area contributed by atoms with Gasteiger partial charge in [-0.15, -0.1) is 0 Å². The lowest BCUT2D eigenvalue weighted by Crippen LogP contribution is -2.56. The van der Waals surface area contributed by atoms with Crippen molar-refractivity contribution in [2.24, 2.45) is 0 Å². The maximum absolute atomic E-state index is 11.0. The highest BCUT2D eigenvalue weighted by molar-refractivity contribution is 5.73. The van der Waals surface area contributed by atoms with Gasteiger partial charge in [-0.05, 0) is 6.92 Å². The van der Waals surface area contributed by atoms with E-state index in [1.54, 1.807) is 14.2 Å². The molecular weight excluding hydrogens is 198 g/mol. The van der Waals surface area contributed by atoms with Crippen molar-refractivity contribution in [1.82, 2.24) is 5.32 Å². The van der Waals surface area contributed by atoms with E-state index in [1.165, 1.54) is 6.92 Å². The fourth-order valence-electron chi connectivity index (χ4n) is 1.86. The molecule has 4 atom stereocenters. The molecule has 1 rings (SSSR count). The summed E-state index contributed by atoms with van der Waals surface area (Å²) in [6, 6.07) is -0.112. The molecule has 0 spiro atoms. The number of ether oxygens (including phenoxy) is 3. The van der Waals surface area contributed by atoms with Gasteiger partial charge in [0, 0.05) is 27.6 Å². The van der Waals surface area contributed by atoms with Gasteiger partial charge in [-0.25, -0.2) is 0 Å². The lowest BCUT2D eigenvalue weighted by molar-refractivity contribution is -0.214. The van der Waals surface area contributed by atoms with Crippen molar-refractivity contribution >= 4 is 5.91 Å². The van der Waals surface area contributed by atoms with Crippen molar-refractivity contribution < 1.29 is 19.0 Å². The highest BCUT2D eigenvalue weighted by Gasteiger charge is 2.37. The van der Waals surface area contributed by atoms with Crippen LogP contribution in [0.5, 0.6) is 0 Å². The number of nitrogens with one attached hydrogen (secondary N) is 1. The maximum Gasteiger partial charge on any atom is 0.217 e. The zero-order valence-electron chi connectivity index (χ0n) is 9.65. The Morgan fingerprint density at radius 3 is 2.53 bits per heavy atom. The van der Waals surface area contributed by atoms with E-state index in [0.717, 1.165) is 0 Å². The molecule has 1 fully saturated rings. The average molecular weight is 217 g/mol. The molecule has 0 radical (unpaired) electrons. The summed E-state index contributed by atoms with van der Waals surface area (Å²) in [5.74, 6) is -0.0756. The molecule has 1 aliphatic heterocycles. The molecule has 1 heterocycles. The summed E-state index contributed by atoms with van der Waals surface area (Å²) in [4.78, 5) is 11.0. The van der Waals surface area contributed by atoms with Crippen LogP contribution < -0.4 is 5.32 Å². The quantitative estimate of drug-likeness (QED) is 0.738. The minimum atomic E-state index is -0.255. The summed E-state index contributed by atoms with van der Waals surface area (Å²) in [5, 5.41) is 2.83. The number of hydrogen-bond donors (Lipinski definition) is 1. The molecule has 15 heavy (non-hydrogen) atoms. The molecule has 0 saturated carbocycles.